The van der Waals surface area contributed by atoms with Gasteiger partial charge in [0, 0.05) is 19.6 Å². The Morgan fingerprint density at radius 1 is 1.09 bits per heavy atom. The molecule has 1 fully saturated rings. The molecule has 15 heteroatoms. The molecule has 1 aliphatic heterocycles. The number of rotatable bonds is 4. The molecule has 8 nitrogen and oxygen atoms in total. The van der Waals surface area contributed by atoms with Crippen molar-refractivity contribution in [3.05, 3.63) is 41.0 Å². The second kappa shape index (κ2) is 8.37. The lowest BCUT2D eigenvalue weighted by Gasteiger charge is -2.32. The number of halogens is 7. The number of ether oxygens (including phenoxy) is 1. The highest BCUT2D eigenvalue weighted by Gasteiger charge is 2.37. The van der Waals surface area contributed by atoms with Gasteiger partial charge in [0.2, 0.25) is 5.82 Å². The van der Waals surface area contributed by atoms with Crippen LogP contribution in [0.3, 0.4) is 0 Å². The smallest absolute Gasteiger partial charge is 0.382 e. The topological polar surface area (TPSA) is 95.0 Å². The van der Waals surface area contributed by atoms with E-state index in [-0.39, 0.29) is 37.4 Å². The van der Waals surface area contributed by atoms with Gasteiger partial charge >= 0.3 is 12.4 Å². The first-order chi connectivity index (χ1) is 15.4. The second-order valence-corrected chi connectivity index (χ2v) is 7.41. The number of morpholine rings is 1. The summed E-state index contributed by atoms with van der Waals surface area (Å²) in [5, 5.41) is 7.51. The zero-order valence-electron chi connectivity index (χ0n) is 16.7. The van der Waals surface area contributed by atoms with Crippen molar-refractivity contribution >= 4 is 17.0 Å². The summed E-state index contributed by atoms with van der Waals surface area (Å²) < 4.78 is 97.9. The number of aromatic nitrogens is 5. The van der Waals surface area contributed by atoms with Crippen molar-refractivity contribution in [2.45, 2.75) is 31.5 Å². The predicted molar refractivity (Wildman–Crippen MR) is 99.0 cm³/mol. The second-order valence-electron chi connectivity index (χ2n) is 7.41. The highest BCUT2D eigenvalue weighted by molar-refractivity contribution is 5.80. The summed E-state index contributed by atoms with van der Waals surface area (Å²) in [5.74, 6) is -3.25. The van der Waals surface area contributed by atoms with Crippen LogP contribution in [0.5, 0.6) is 0 Å². The van der Waals surface area contributed by atoms with Crippen LogP contribution in [-0.2, 0) is 30.2 Å². The molecule has 0 amide bonds. The van der Waals surface area contributed by atoms with E-state index in [1.165, 1.54) is 6.07 Å². The molecule has 4 rings (SSSR count). The van der Waals surface area contributed by atoms with Gasteiger partial charge in [-0.3, -0.25) is 4.90 Å². The molecular weight excluding hydrogens is 463 g/mol. The molecule has 0 aliphatic carbocycles. The summed E-state index contributed by atoms with van der Waals surface area (Å²) in [4.78, 5) is 8.50. The normalized spacial score (nSPS) is 18.2. The molecular formula is C18H16F7N7O. The summed E-state index contributed by atoms with van der Waals surface area (Å²) in [6, 6.07) is 2.71. The molecule has 3 heterocycles. The molecule has 1 atom stereocenters. The van der Waals surface area contributed by atoms with E-state index in [1.807, 2.05) is 4.90 Å². The first-order valence-corrected chi connectivity index (χ1v) is 9.55. The molecule has 2 N–H and O–H groups in total. The number of alkyl halides is 6. The fourth-order valence-electron chi connectivity index (χ4n) is 3.50. The van der Waals surface area contributed by atoms with Gasteiger partial charge in [0.25, 0.3) is 0 Å². The van der Waals surface area contributed by atoms with Crippen LogP contribution in [-0.4, -0.2) is 55.7 Å². The predicted octanol–water partition coefficient (Wildman–Crippen LogP) is 2.88. The SMILES string of the molecule is Nc1nc(C(F)(F)F)nc2c1nnn2CC1CN(Cc2ccc(C(F)(F)F)c(F)c2)CCO1. The molecule has 33 heavy (non-hydrogen) atoms. The van der Waals surface area contributed by atoms with E-state index in [0.717, 1.165) is 10.7 Å². The number of nitrogen functional groups attached to an aromatic ring is 1. The third kappa shape index (κ3) is 4.98. The van der Waals surface area contributed by atoms with Gasteiger partial charge in [0.05, 0.1) is 24.8 Å². The Morgan fingerprint density at radius 3 is 2.52 bits per heavy atom. The van der Waals surface area contributed by atoms with Gasteiger partial charge in [-0.15, -0.1) is 5.10 Å². The minimum Gasteiger partial charge on any atom is -0.382 e. The Morgan fingerprint density at radius 2 is 1.85 bits per heavy atom. The molecule has 3 aromatic rings. The number of nitrogens with zero attached hydrogens (tertiary/aromatic N) is 6. The maximum Gasteiger partial charge on any atom is 0.451 e. The Bertz CT molecular complexity index is 1160. The average Bonchev–Trinajstić information content (AvgIpc) is 3.10. The van der Waals surface area contributed by atoms with Crippen molar-refractivity contribution in [2.24, 2.45) is 0 Å². The first kappa shape index (κ1) is 23.1. The molecule has 0 radical (unpaired) electrons. The lowest BCUT2D eigenvalue weighted by atomic mass is 10.1. The summed E-state index contributed by atoms with van der Waals surface area (Å²) in [5.41, 5.74) is 4.25. The summed E-state index contributed by atoms with van der Waals surface area (Å²) in [6.45, 7) is 1.06. The summed E-state index contributed by atoms with van der Waals surface area (Å²) in [6.07, 6.45) is -10.1. The van der Waals surface area contributed by atoms with E-state index in [9.17, 15) is 30.7 Å². The van der Waals surface area contributed by atoms with E-state index >= 15 is 0 Å². The number of hydrogen-bond donors (Lipinski definition) is 1. The Balaban J connectivity index is 1.48. The minimum absolute atomic E-state index is 0.0118. The van der Waals surface area contributed by atoms with Gasteiger partial charge in [0.1, 0.15) is 5.82 Å². The summed E-state index contributed by atoms with van der Waals surface area (Å²) >= 11 is 0. The van der Waals surface area contributed by atoms with Crippen LogP contribution in [0, 0.1) is 5.82 Å². The van der Waals surface area contributed by atoms with E-state index in [1.54, 1.807) is 0 Å². The van der Waals surface area contributed by atoms with Gasteiger partial charge in [-0.2, -0.15) is 26.3 Å². The van der Waals surface area contributed by atoms with Crippen LogP contribution in [0.4, 0.5) is 36.6 Å². The summed E-state index contributed by atoms with van der Waals surface area (Å²) in [7, 11) is 0. The standard InChI is InChI=1S/C18H16F7N7O/c19-12-5-9(1-2-11(12)17(20,21)22)6-31-3-4-33-10(7-31)8-32-15-13(29-30-32)14(26)27-16(28-15)18(23,24)25/h1-2,5,10H,3-4,6-8H2,(H2,26,27,28). The Labute approximate surface area is 181 Å². The number of benzene rings is 1. The van der Waals surface area contributed by atoms with E-state index < -0.39 is 41.5 Å². The van der Waals surface area contributed by atoms with Crippen LogP contribution < -0.4 is 5.73 Å². The van der Waals surface area contributed by atoms with Crippen LogP contribution in [0.15, 0.2) is 18.2 Å². The number of fused-ring (bicyclic) bond motifs is 1. The van der Waals surface area contributed by atoms with Crippen molar-refractivity contribution in [3.8, 4) is 0 Å². The van der Waals surface area contributed by atoms with Crippen molar-refractivity contribution < 1.29 is 35.5 Å². The third-order valence-corrected chi connectivity index (χ3v) is 4.99. The maximum atomic E-state index is 13.8. The minimum atomic E-state index is -4.81. The number of hydrogen-bond acceptors (Lipinski definition) is 7. The zero-order chi connectivity index (χ0) is 24.0. The van der Waals surface area contributed by atoms with E-state index in [2.05, 4.69) is 20.3 Å². The highest BCUT2D eigenvalue weighted by atomic mass is 19.4. The molecule has 0 bridgehead atoms. The number of anilines is 1. The van der Waals surface area contributed by atoms with Crippen LogP contribution in [0.2, 0.25) is 0 Å². The monoisotopic (exact) mass is 479 g/mol. The fourth-order valence-corrected chi connectivity index (χ4v) is 3.50. The quantitative estimate of drug-likeness (QED) is 0.575. The third-order valence-electron chi connectivity index (χ3n) is 4.99. The van der Waals surface area contributed by atoms with Gasteiger partial charge in [-0.1, -0.05) is 11.3 Å². The first-order valence-electron chi connectivity index (χ1n) is 9.55. The van der Waals surface area contributed by atoms with Gasteiger partial charge < -0.3 is 10.5 Å². The molecule has 1 saturated heterocycles. The van der Waals surface area contributed by atoms with E-state index in [0.29, 0.717) is 18.2 Å². The van der Waals surface area contributed by atoms with Crippen LogP contribution in [0.25, 0.3) is 11.2 Å². The Hall–Kier alpha value is -3.07. The van der Waals surface area contributed by atoms with Gasteiger partial charge in [0.15, 0.2) is 17.0 Å². The highest BCUT2D eigenvalue weighted by Crippen LogP contribution is 2.32. The fraction of sp³-hybridized carbons (Fsp3) is 0.444. The molecule has 1 aromatic carbocycles. The molecule has 1 unspecified atom stereocenters. The Kier molecular flexibility index (Phi) is 5.86. The maximum absolute atomic E-state index is 13.8. The van der Waals surface area contributed by atoms with Crippen LogP contribution >= 0.6 is 0 Å². The largest absolute Gasteiger partial charge is 0.451 e. The van der Waals surface area contributed by atoms with Crippen molar-refractivity contribution in [2.75, 3.05) is 25.4 Å². The molecule has 1 aliphatic rings. The van der Waals surface area contributed by atoms with Gasteiger partial charge in [-0.25, -0.2) is 19.0 Å². The molecule has 0 saturated carbocycles. The van der Waals surface area contributed by atoms with E-state index in [4.69, 9.17) is 10.5 Å². The lowest BCUT2D eigenvalue weighted by Crippen LogP contribution is -2.43. The van der Waals surface area contributed by atoms with Crippen LogP contribution in [0.1, 0.15) is 17.0 Å². The molecule has 2 aromatic heterocycles. The lowest BCUT2D eigenvalue weighted by molar-refractivity contribution is -0.144. The van der Waals surface area contributed by atoms with Gasteiger partial charge in [-0.05, 0) is 17.7 Å². The van der Waals surface area contributed by atoms with Crippen molar-refractivity contribution in [1.82, 2.24) is 29.9 Å². The van der Waals surface area contributed by atoms with Crippen molar-refractivity contribution in [1.29, 1.82) is 0 Å². The molecule has 178 valence electrons. The zero-order valence-corrected chi connectivity index (χ0v) is 16.7. The molecule has 0 spiro atoms. The number of nitrogens with two attached hydrogens (primary N) is 1. The van der Waals surface area contributed by atoms with Crippen molar-refractivity contribution in [3.63, 3.8) is 0 Å². The average molecular weight is 479 g/mol.